The fourth-order valence-electron chi connectivity index (χ4n) is 3.64. The van der Waals surface area contributed by atoms with Gasteiger partial charge in [0.25, 0.3) is 0 Å². The highest BCUT2D eigenvalue weighted by Crippen LogP contribution is 2.39. The van der Waals surface area contributed by atoms with Gasteiger partial charge in [-0.3, -0.25) is 9.69 Å². The highest BCUT2D eigenvalue weighted by atomic mass is 32.2. The van der Waals surface area contributed by atoms with Crippen molar-refractivity contribution in [3.63, 3.8) is 0 Å². The van der Waals surface area contributed by atoms with Gasteiger partial charge in [-0.15, -0.1) is 0 Å². The quantitative estimate of drug-likeness (QED) is 0.756. The molecule has 0 saturated heterocycles. The number of sulfonamides is 1. The van der Waals surface area contributed by atoms with Gasteiger partial charge in [0.1, 0.15) is 0 Å². The van der Waals surface area contributed by atoms with Crippen LogP contribution in [0, 0.1) is 0 Å². The summed E-state index contributed by atoms with van der Waals surface area (Å²) >= 11 is 0. The van der Waals surface area contributed by atoms with Crippen molar-refractivity contribution in [2.75, 3.05) is 23.4 Å². The van der Waals surface area contributed by atoms with Crippen molar-refractivity contribution in [1.29, 1.82) is 0 Å². The van der Waals surface area contributed by atoms with Crippen LogP contribution in [0.2, 0.25) is 0 Å². The molecule has 3 rings (SSSR count). The van der Waals surface area contributed by atoms with E-state index in [2.05, 4.69) is 4.72 Å². The molecule has 0 aromatic heterocycles. The maximum Gasteiger partial charge on any atom is 0.411 e. The standard InChI is InChI=1S/C21H25N3O5S/c1-4-5-20(25)24-14(2)13-23(21(26)27)19-12-16(8-11-18(19)24)15-6-9-17(10-7-15)30(28,29)22-3/h6-12,14,22H,4-5,13H2,1-3H3,(H,26,27)/t14-/m0/s1. The van der Waals surface area contributed by atoms with E-state index in [4.69, 9.17) is 0 Å². The van der Waals surface area contributed by atoms with E-state index in [0.717, 1.165) is 11.1 Å². The molecule has 2 aromatic rings. The molecule has 0 saturated carbocycles. The second kappa shape index (κ2) is 8.45. The molecule has 1 aliphatic rings. The van der Waals surface area contributed by atoms with Gasteiger partial charge in [0.2, 0.25) is 15.9 Å². The Morgan fingerprint density at radius 1 is 1.10 bits per heavy atom. The summed E-state index contributed by atoms with van der Waals surface area (Å²) < 4.78 is 26.1. The summed E-state index contributed by atoms with van der Waals surface area (Å²) in [5.74, 6) is -0.0364. The zero-order chi connectivity index (χ0) is 22.1. The first kappa shape index (κ1) is 21.8. The molecule has 0 fully saturated rings. The molecule has 2 amide bonds. The first-order valence-electron chi connectivity index (χ1n) is 9.70. The molecular formula is C21H25N3O5S. The number of anilines is 2. The molecule has 1 aliphatic heterocycles. The van der Waals surface area contributed by atoms with Crippen LogP contribution >= 0.6 is 0 Å². The van der Waals surface area contributed by atoms with Gasteiger partial charge in [0.05, 0.1) is 22.3 Å². The third-order valence-electron chi connectivity index (χ3n) is 5.14. The molecule has 0 spiro atoms. The van der Waals surface area contributed by atoms with Crippen molar-refractivity contribution in [2.45, 2.75) is 37.6 Å². The van der Waals surface area contributed by atoms with Crippen LogP contribution in [0.5, 0.6) is 0 Å². The van der Waals surface area contributed by atoms with Crippen LogP contribution < -0.4 is 14.5 Å². The van der Waals surface area contributed by atoms with Crippen molar-refractivity contribution in [3.05, 3.63) is 42.5 Å². The Morgan fingerprint density at radius 3 is 2.30 bits per heavy atom. The molecular weight excluding hydrogens is 406 g/mol. The van der Waals surface area contributed by atoms with Gasteiger partial charge in [-0.05, 0) is 55.8 Å². The van der Waals surface area contributed by atoms with E-state index in [-0.39, 0.29) is 23.4 Å². The zero-order valence-corrected chi connectivity index (χ0v) is 17.9. The minimum atomic E-state index is -3.54. The second-order valence-corrected chi connectivity index (χ2v) is 9.08. The van der Waals surface area contributed by atoms with Crippen LogP contribution in [0.15, 0.2) is 47.4 Å². The summed E-state index contributed by atoms with van der Waals surface area (Å²) in [5.41, 5.74) is 2.47. The second-order valence-electron chi connectivity index (χ2n) is 7.19. The number of amides is 2. The van der Waals surface area contributed by atoms with Crippen molar-refractivity contribution >= 4 is 33.4 Å². The molecule has 2 aromatic carbocycles. The van der Waals surface area contributed by atoms with Gasteiger partial charge in [0, 0.05) is 13.0 Å². The lowest BCUT2D eigenvalue weighted by Gasteiger charge is -2.40. The van der Waals surface area contributed by atoms with Crippen LogP contribution in [0.1, 0.15) is 26.7 Å². The summed E-state index contributed by atoms with van der Waals surface area (Å²) in [6, 6.07) is 11.3. The van der Waals surface area contributed by atoms with Gasteiger partial charge < -0.3 is 10.0 Å². The summed E-state index contributed by atoms with van der Waals surface area (Å²) in [4.78, 5) is 27.6. The van der Waals surface area contributed by atoms with E-state index >= 15 is 0 Å². The molecule has 8 nitrogen and oxygen atoms in total. The number of hydrogen-bond acceptors (Lipinski definition) is 4. The lowest BCUT2D eigenvalue weighted by molar-refractivity contribution is -0.119. The van der Waals surface area contributed by atoms with E-state index < -0.39 is 16.1 Å². The summed E-state index contributed by atoms with van der Waals surface area (Å²) in [6.07, 6.45) is 0.0123. The topological polar surface area (TPSA) is 107 Å². The molecule has 0 bridgehead atoms. The highest BCUT2D eigenvalue weighted by Gasteiger charge is 2.34. The molecule has 1 atom stereocenters. The molecule has 9 heteroatoms. The SMILES string of the molecule is CCCC(=O)N1c2ccc(-c3ccc(S(=O)(=O)NC)cc3)cc2N(C(=O)O)C[C@@H]1C. The molecule has 2 N–H and O–H groups in total. The predicted octanol–water partition coefficient (Wildman–Crippen LogP) is 3.28. The maximum absolute atomic E-state index is 12.7. The highest BCUT2D eigenvalue weighted by molar-refractivity contribution is 7.89. The van der Waals surface area contributed by atoms with E-state index in [1.165, 1.54) is 24.1 Å². The molecule has 1 heterocycles. The van der Waals surface area contributed by atoms with Crippen molar-refractivity contribution in [1.82, 2.24) is 4.72 Å². The molecule has 0 radical (unpaired) electrons. The number of carbonyl (C=O) groups is 2. The van der Waals surface area contributed by atoms with Gasteiger partial charge in [0.15, 0.2) is 0 Å². The Morgan fingerprint density at radius 2 is 1.73 bits per heavy atom. The number of nitrogens with one attached hydrogen (secondary N) is 1. The number of benzene rings is 2. The lowest BCUT2D eigenvalue weighted by atomic mass is 10.0. The van der Waals surface area contributed by atoms with Gasteiger partial charge in [-0.2, -0.15) is 0 Å². The van der Waals surface area contributed by atoms with E-state index in [0.29, 0.717) is 24.2 Å². The molecule has 160 valence electrons. The Kier molecular flexibility index (Phi) is 6.14. The summed E-state index contributed by atoms with van der Waals surface area (Å²) in [7, 11) is -2.19. The average Bonchev–Trinajstić information content (AvgIpc) is 2.73. The third kappa shape index (κ3) is 4.03. The Bertz CT molecular complexity index is 1070. The molecule has 30 heavy (non-hydrogen) atoms. The number of carbonyl (C=O) groups excluding carboxylic acids is 1. The Labute approximate surface area is 176 Å². The average molecular weight is 432 g/mol. The van der Waals surface area contributed by atoms with Crippen molar-refractivity contribution < 1.29 is 23.1 Å². The summed E-state index contributed by atoms with van der Waals surface area (Å²) in [6.45, 7) is 3.94. The van der Waals surface area contributed by atoms with E-state index in [1.807, 2.05) is 19.9 Å². The number of hydrogen-bond donors (Lipinski definition) is 2. The van der Waals surface area contributed by atoms with Gasteiger partial charge in [-0.1, -0.05) is 25.1 Å². The lowest BCUT2D eigenvalue weighted by Crippen LogP contribution is -2.51. The number of carboxylic acid groups (broad SMARTS) is 1. The fourth-order valence-corrected chi connectivity index (χ4v) is 4.37. The maximum atomic E-state index is 12.7. The Balaban J connectivity index is 2.06. The zero-order valence-electron chi connectivity index (χ0n) is 17.1. The smallest absolute Gasteiger partial charge is 0.411 e. The number of fused-ring (bicyclic) bond motifs is 1. The van der Waals surface area contributed by atoms with E-state index in [1.54, 1.807) is 29.2 Å². The van der Waals surface area contributed by atoms with Crippen LogP contribution in [0.4, 0.5) is 16.2 Å². The fraction of sp³-hybridized carbons (Fsp3) is 0.333. The van der Waals surface area contributed by atoms with Crippen LogP contribution in [-0.4, -0.2) is 45.2 Å². The third-order valence-corrected chi connectivity index (χ3v) is 6.57. The van der Waals surface area contributed by atoms with Gasteiger partial charge >= 0.3 is 6.09 Å². The first-order chi connectivity index (χ1) is 14.2. The normalized spacial score (nSPS) is 16.3. The monoisotopic (exact) mass is 431 g/mol. The molecule has 0 aliphatic carbocycles. The number of rotatable bonds is 5. The minimum absolute atomic E-state index is 0.0364. The van der Waals surface area contributed by atoms with Crippen LogP contribution in [0.3, 0.4) is 0 Å². The minimum Gasteiger partial charge on any atom is -0.465 e. The predicted molar refractivity (Wildman–Crippen MR) is 115 cm³/mol. The van der Waals surface area contributed by atoms with Crippen molar-refractivity contribution in [3.8, 4) is 11.1 Å². The number of nitrogens with zero attached hydrogens (tertiary/aromatic N) is 2. The van der Waals surface area contributed by atoms with Crippen LogP contribution in [0.25, 0.3) is 11.1 Å². The largest absolute Gasteiger partial charge is 0.465 e. The van der Waals surface area contributed by atoms with Crippen LogP contribution in [-0.2, 0) is 14.8 Å². The van der Waals surface area contributed by atoms with E-state index in [9.17, 15) is 23.1 Å². The Hall–Kier alpha value is -2.91. The molecule has 0 unspecified atom stereocenters. The van der Waals surface area contributed by atoms with Gasteiger partial charge in [-0.25, -0.2) is 17.9 Å². The first-order valence-corrected chi connectivity index (χ1v) is 11.2. The summed E-state index contributed by atoms with van der Waals surface area (Å²) in [5, 5.41) is 9.69. The van der Waals surface area contributed by atoms with Crippen molar-refractivity contribution in [2.24, 2.45) is 0 Å².